The van der Waals surface area contributed by atoms with Crippen LogP contribution in [0.3, 0.4) is 0 Å². The highest BCUT2D eigenvalue weighted by Crippen LogP contribution is 2.32. The van der Waals surface area contributed by atoms with Gasteiger partial charge in [-0.2, -0.15) is 0 Å². The van der Waals surface area contributed by atoms with Crippen molar-refractivity contribution < 1.29 is 27.9 Å². The molecule has 29 heavy (non-hydrogen) atoms. The van der Waals surface area contributed by atoms with E-state index in [1.165, 1.54) is 10.0 Å². The molecule has 0 saturated carbocycles. The summed E-state index contributed by atoms with van der Waals surface area (Å²) in [6.07, 6.45) is 3.74. The number of aromatic nitrogens is 2. The average molecular weight is 417 g/mol. The van der Waals surface area contributed by atoms with Crippen molar-refractivity contribution >= 4 is 33.3 Å². The molecule has 1 aliphatic heterocycles. The minimum Gasteiger partial charge on any atom is -0.485 e. The molecule has 0 spiro atoms. The first-order valence-corrected chi connectivity index (χ1v) is 10.1. The number of benzene rings is 1. The molecule has 2 aromatic heterocycles. The van der Waals surface area contributed by atoms with Gasteiger partial charge in [-0.05, 0) is 42.8 Å². The molecule has 3 heterocycles. The van der Waals surface area contributed by atoms with Crippen LogP contribution in [0.2, 0.25) is 0 Å². The summed E-state index contributed by atoms with van der Waals surface area (Å²) < 4.78 is 33.4. The third-order valence-electron chi connectivity index (χ3n) is 4.40. The fraction of sp³-hybridized carbons (Fsp3) is 0.211. The van der Waals surface area contributed by atoms with Gasteiger partial charge in [-0.25, -0.2) is 12.4 Å². The maximum absolute atomic E-state index is 13.4. The Balaban J connectivity index is 0.000000755. The Bertz CT molecular complexity index is 1170. The van der Waals surface area contributed by atoms with Gasteiger partial charge in [-0.1, -0.05) is 6.07 Å². The molecule has 0 fully saturated rings. The smallest absolute Gasteiger partial charge is 0.290 e. The zero-order chi connectivity index (χ0) is 21.0. The van der Waals surface area contributed by atoms with Gasteiger partial charge in [-0.15, -0.1) is 0 Å². The van der Waals surface area contributed by atoms with Crippen LogP contribution < -0.4 is 10.5 Å². The molecule has 1 aliphatic rings. The number of nitrogens with two attached hydrogens (primary N) is 1. The molecule has 0 amide bonds. The van der Waals surface area contributed by atoms with Crippen molar-refractivity contribution in [3.63, 3.8) is 0 Å². The maximum Gasteiger partial charge on any atom is 0.290 e. The van der Waals surface area contributed by atoms with Crippen LogP contribution in [0.15, 0.2) is 47.6 Å². The Morgan fingerprint density at radius 2 is 2.03 bits per heavy atom. The molecule has 9 nitrogen and oxygen atoms in total. The van der Waals surface area contributed by atoms with E-state index in [9.17, 15) is 13.2 Å². The Morgan fingerprint density at radius 3 is 2.76 bits per heavy atom. The number of ether oxygens (including phenoxy) is 1. The van der Waals surface area contributed by atoms with E-state index in [1.807, 2.05) is 0 Å². The highest BCUT2D eigenvalue weighted by atomic mass is 32.2. The molecule has 0 atom stereocenters. The van der Waals surface area contributed by atoms with Crippen LogP contribution in [0.25, 0.3) is 11.0 Å². The Kier molecular flexibility index (Phi) is 5.95. The maximum atomic E-state index is 13.4. The minimum atomic E-state index is -3.92. The largest absolute Gasteiger partial charge is 0.485 e. The molecule has 3 aromatic rings. The van der Waals surface area contributed by atoms with E-state index >= 15 is 0 Å². The standard InChI is InChI=1S/C18H17N3O4S.CH2O2/c19-7-6-12-10-21(15-3-2-8-20-18(12)15)26(23,24)17-5-1-4-16-14(17)9-13(22)11-25-16;2-1-3/h1-5,8,10H,6-7,9,11,19H2;1H,(H,2,3). The van der Waals surface area contributed by atoms with Gasteiger partial charge in [0.15, 0.2) is 5.78 Å². The first-order chi connectivity index (χ1) is 13.9. The van der Waals surface area contributed by atoms with Crippen molar-refractivity contribution in [2.45, 2.75) is 17.7 Å². The van der Waals surface area contributed by atoms with Gasteiger partial charge in [0.05, 0.1) is 15.9 Å². The zero-order valence-corrected chi connectivity index (χ0v) is 16.1. The number of carbonyl (C=O) groups excluding carboxylic acids is 1. The number of hydrogen-bond acceptors (Lipinski definition) is 7. The first kappa shape index (κ1) is 20.5. The Labute approximate surface area is 166 Å². The van der Waals surface area contributed by atoms with E-state index in [0.717, 1.165) is 5.56 Å². The van der Waals surface area contributed by atoms with Crippen molar-refractivity contribution in [1.29, 1.82) is 0 Å². The number of hydrogen-bond donors (Lipinski definition) is 2. The van der Waals surface area contributed by atoms with E-state index in [4.69, 9.17) is 20.4 Å². The summed E-state index contributed by atoms with van der Waals surface area (Å²) >= 11 is 0. The van der Waals surface area contributed by atoms with E-state index in [1.54, 1.807) is 36.7 Å². The van der Waals surface area contributed by atoms with Gasteiger partial charge < -0.3 is 15.6 Å². The van der Waals surface area contributed by atoms with Gasteiger partial charge in [0, 0.05) is 24.4 Å². The molecular weight excluding hydrogens is 398 g/mol. The summed E-state index contributed by atoms with van der Waals surface area (Å²) in [6, 6.07) is 8.19. The number of fused-ring (bicyclic) bond motifs is 2. The molecule has 0 aliphatic carbocycles. The molecule has 0 saturated heterocycles. The number of carbonyl (C=O) groups is 2. The molecule has 0 radical (unpaired) electrons. The van der Waals surface area contributed by atoms with Crippen molar-refractivity contribution in [1.82, 2.24) is 8.96 Å². The number of pyridine rings is 1. The lowest BCUT2D eigenvalue weighted by atomic mass is 10.1. The highest BCUT2D eigenvalue weighted by molar-refractivity contribution is 7.90. The lowest BCUT2D eigenvalue weighted by Crippen LogP contribution is -2.23. The van der Waals surface area contributed by atoms with Crippen molar-refractivity contribution in [3.8, 4) is 5.75 Å². The van der Waals surface area contributed by atoms with Crippen LogP contribution in [0.5, 0.6) is 5.75 Å². The third kappa shape index (κ3) is 3.84. The third-order valence-corrected chi connectivity index (χ3v) is 6.16. The van der Waals surface area contributed by atoms with Crippen LogP contribution in [-0.4, -0.2) is 47.9 Å². The van der Waals surface area contributed by atoms with E-state index in [2.05, 4.69) is 4.98 Å². The van der Waals surface area contributed by atoms with E-state index < -0.39 is 10.0 Å². The van der Waals surface area contributed by atoms with Crippen molar-refractivity contribution in [2.24, 2.45) is 5.73 Å². The molecular formula is C19H19N3O6S. The Morgan fingerprint density at radius 1 is 1.28 bits per heavy atom. The highest BCUT2D eigenvalue weighted by Gasteiger charge is 2.29. The molecule has 152 valence electrons. The van der Waals surface area contributed by atoms with E-state index in [-0.39, 0.29) is 30.2 Å². The number of Topliss-reactive ketones (excluding diaryl/α,β-unsaturated/α-hetero) is 1. The number of ketones is 1. The molecule has 10 heteroatoms. The second kappa shape index (κ2) is 8.41. The molecule has 1 aromatic carbocycles. The summed E-state index contributed by atoms with van der Waals surface area (Å²) in [5.41, 5.74) is 7.91. The van der Waals surface area contributed by atoms with E-state index in [0.29, 0.717) is 35.3 Å². The normalized spacial score (nSPS) is 13.2. The SMILES string of the molecule is NCCc1cn(S(=O)(=O)c2cccc3c2CC(=O)CO3)c2cccnc12.O=CO. The summed E-state index contributed by atoms with van der Waals surface area (Å²) in [6.45, 7) is 0.104. The van der Waals surface area contributed by atoms with Crippen LogP contribution in [-0.2, 0) is 32.5 Å². The zero-order valence-electron chi connectivity index (χ0n) is 15.3. The van der Waals surface area contributed by atoms with Crippen molar-refractivity contribution in [3.05, 3.63) is 53.9 Å². The van der Waals surface area contributed by atoms with Gasteiger partial charge >= 0.3 is 0 Å². The first-order valence-electron chi connectivity index (χ1n) is 8.68. The molecule has 0 bridgehead atoms. The minimum absolute atomic E-state index is 0.0342. The van der Waals surface area contributed by atoms with Gasteiger partial charge in [0.2, 0.25) is 0 Å². The number of rotatable bonds is 4. The molecule has 3 N–H and O–H groups in total. The van der Waals surface area contributed by atoms with Gasteiger partial charge in [0.1, 0.15) is 12.4 Å². The monoisotopic (exact) mass is 417 g/mol. The number of nitrogens with zero attached hydrogens (tertiary/aromatic N) is 2. The van der Waals surface area contributed by atoms with Crippen LogP contribution in [0.4, 0.5) is 0 Å². The molecule has 4 rings (SSSR count). The summed E-state index contributed by atoms with van der Waals surface area (Å²) in [5.74, 6) is 0.283. The van der Waals surface area contributed by atoms with Crippen LogP contribution >= 0.6 is 0 Å². The quantitative estimate of drug-likeness (QED) is 0.598. The predicted molar refractivity (Wildman–Crippen MR) is 104 cm³/mol. The lowest BCUT2D eigenvalue weighted by molar-refractivity contribution is -0.123. The topological polar surface area (TPSA) is 142 Å². The number of carboxylic acid groups (broad SMARTS) is 1. The Hall–Kier alpha value is -3.24. The summed E-state index contributed by atoms with van der Waals surface area (Å²) in [7, 11) is -3.92. The summed E-state index contributed by atoms with van der Waals surface area (Å²) in [5, 5.41) is 6.89. The fourth-order valence-electron chi connectivity index (χ4n) is 3.24. The second-order valence-electron chi connectivity index (χ2n) is 6.21. The van der Waals surface area contributed by atoms with Gasteiger partial charge in [0.25, 0.3) is 16.5 Å². The fourth-order valence-corrected chi connectivity index (χ4v) is 4.86. The van der Waals surface area contributed by atoms with Gasteiger partial charge in [-0.3, -0.25) is 14.6 Å². The predicted octanol–water partition coefficient (Wildman–Crippen LogP) is 0.979. The van der Waals surface area contributed by atoms with Crippen molar-refractivity contribution in [2.75, 3.05) is 13.2 Å². The summed E-state index contributed by atoms with van der Waals surface area (Å²) in [4.78, 5) is 24.5. The van der Waals surface area contributed by atoms with Crippen LogP contribution in [0.1, 0.15) is 11.1 Å². The van der Waals surface area contributed by atoms with Crippen LogP contribution in [0, 0.1) is 0 Å². The average Bonchev–Trinajstić information content (AvgIpc) is 3.08. The molecule has 0 unspecified atom stereocenters. The lowest BCUT2D eigenvalue weighted by Gasteiger charge is -2.19. The second-order valence-corrected chi connectivity index (χ2v) is 7.99.